The second-order valence-corrected chi connectivity index (χ2v) is 5.32. The summed E-state index contributed by atoms with van der Waals surface area (Å²) >= 11 is 1.74. The smallest absolute Gasteiger partial charge is 0.0780 e. The molecule has 1 fully saturated rings. The molecule has 2 nitrogen and oxygen atoms in total. The van der Waals surface area contributed by atoms with Crippen molar-refractivity contribution >= 4 is 11.3 Å². The topological polar surface area (TPSA) is 35.2 Å². The average Bonchev–Trinajstić information content (AvgIpc) is 2.70. The lowest BCUT2D eigenvalue weighted by Gasteiger charge is -2.24. The Kier molecular flexibility index (Phi) is 2.64. The van der Waals surface area contributed by atoms with Crippen molar-refractivity contribution in [2.75, 3.05) is 6.61 Å². The van der Waals surface area contributed by atoms with Crippen molar-refractivity contribution in [1.29, 1.82) is 0 Å². The second-order valence-electron chi connectivity index (χ2n) is 4.54. The van der Waals surface area contributed by atoms with Gasteiger partial charge in [0, 0.05) is 12.0 Å². The fourth-order valence-electron chi connectivity index (χ4n) is 1.99. The highest BCUT2D eigenvalue weighted by molar-refractivity contribution is 7.07. The van der Waals surface area contributed by atoms with Crippen LogP contribution in [-0.2, 0) is 11.2 Å². The van der Waals surface area contributed by atoms with Crippen LogP contribution in [0.1, 0.15) is 19.4 Å². The standard InChI is InChI=1S/C11H17NOS/c1-11(2)10(12)9(6-13-11)5-8-3-4-14-7-8/h3-4,7,9-10H,5-6,12H2,1-2H3. The minimum Gasteiger partial charge on any atom is -0.374 e. The molecule has 2 heterocycles. The van der Waals surface area contributed by atoms with Crippen LogP contribution in [0.3, 0.4) is 0 Å². The quantitative estimate of drug-likeness (QED) is 0.812. The van der Waals surface area contributed by atoms with E-state index >= 15 is 0 Å². The van der Waals surface area contributed by atoms with Gasteiger partial charge in [-0.25, -0.2) is 0 Å². The van der Waals surface area contributed by atoms with E-state index in [4.69, 9.17) is 10.5 Å². The maximum Gasteiger partial charge on any atom is 0.0780 e. The third-order valence-corrected chi connectivity index (χ3v) is 3.79. The molecular formula is C11H17NOS. The van der Waals surface area contributed by atoms with Crippen LogP contribution >= 0.6 is 11.3 Å². The molecule has 0 spiro atoms. The average molecular weight is 211 g/mol. The Morgan fingerprint density at radius 3 is 2.93 bits per heavy atom. The Balaban J connectivity index is 2.01. The molecular weight excluding hydrogens is 194 g/mol. The van der Waals surface area contributed by atoms with Crippen LogP contribution in [0.4, 0.5) is 0 Å². The molecule has 1 saturated heterocycles. The lowest BCUT2D eigenvalue weighted by atomic mass is 9.88. The predicted molar refractivity (Wildman–Crippen MR) is 59.5 cm³/mol. The minimum absolute atomic E-state index is 0.152. The third kappa shape index (κ3) is 1.85. The Morgan fingerprint density at radius 1 is 1.64 bits per heavy atom. The van der Waals surface area contributed by atoms with Gasteiger partial charge in [0.2, 0.25) is 0 Å². The SMILES string of the molecule is CC1(C)OCC(Cc2ccsc2)C1N. The Labute approximate surface area is 89.1 Å². The fraction of sp³-hybridized carbons (Fsp3) is 0.636. The normalized spacial score (nSPS) is 30.8. The summed E-state index contributed by atoms with van der Waals surface area (Å²) in [7, 11) is 0. The zero-order valence-corrected chi connectivity index (χ0v) is 9.51. The van der Waals surface area contributed by atoms with Gasteiger partial charge in [-0.3, -0.25) is 0 Å². The van der Waals surface area contributed by atoms with E-state index in [-0.39, 0.29) is 11.6 Å². The highest BCUT2D eigenvalue weighted by Gasteiger charge is 2.40. The molecule has 0 amide bonds. The van der Waals surface area contributed by atoms with Gasteiger partial charge in [0.1, 0.15) is 0 Å². The summed E-state index contributed by atoms with van der Waals surface area (Å²) in [5.41, 5.74) is 7.39. The fourth-order valence-corrected chi connectivity index (χ4v) is 2.67. The van der Waals surface area contributed by atoms with Crippen LogP contribution in [0.2, 0.25) is 0 Å². The van der Waals surface area contributed by atoms with Crippen LogP contribution in [0.5, 0.6) is 0 Å². The Bertz CT molecular complexity index is 294. The Morgan fingerprint density at radius 2 is 2.43 bits per heavy atom. The van der Waals surface area contributed by atoms with Crippen LogP contribution in [0.25, 0.3) is 0 Å². The summed E-state index contributed by atoms with van der Waals surface area (Å²) in [4.78, 5) is 0. The lowest BCUT2D eigenvalue weighted by Crippen LogP contribution is -2.43. The van der Waals surface area contributed by atoms with E-state index in [1.54, 1.807) is 11.3 Å². The van der Waals surface area contributed by atoms with Gasteiger partial charge in [0.05, 0.1) is 12.2 Å². The van der Waals surface area contributed by atoms with Crippen molar-refractivity contribution in [1.82, 2.24) is 0 Å². The minimum atomic E-state index is -0.152. The summed E-state index contributed by atoms with van der Waals surface area (Å²) in [6.07, 6.45) is 1.05. The highest BCUT2D eigenvalue weighted by Crippen LogP contribution is 2.30. The van der Waals surface area contributed by atoms with Crippen molar-refractivity contribution < 1.29 is 4.74 Å². The van der Waals surface area contributed by atoms with Crippen molar-refractivity contribution in [3.8, 4) is 0 Å². The number of hydrogen-bond acceptors (Lipinski definition) is 3. The third-order valence-electron chi connectivity index (χ3n) is 3.06. The molecule has 0 saturated carbocycles. The number of ether oxygens (including phenoxy) is 1. The van der Waals surface area contributed by atoms with Gasteiger partial charge in [0.15, 0.2) is 0 Å². The van der Waals surface area contributed by atoms with Crippen LogP contribution in [-0.4, -0.2) is 18.2 Å². The first-order valence-electron chi connectivity index (χ1n) is 5.00. The summed E-state index contributed by atoms with van der Waals surface area (Å²) in [6, 6.07) is 2.32. The zero-order valence-electron chi connectivity index (χ0n) is 8.69. The maximum atomic E-state index is 6.15. The maximum absolute atomic E-state index is 6.15. The summed E-state index contributed by atoms with van der Waals surface area (Å²) in [5.74, 6) is 0.472. The van der Waals surface area contributed by atoms with Crippen molar-refractivity contribution in [2.24, 2.45) is 11.7 Å². The molecule has 0 aromatic carbocycles. The van der Waals surface area contributed by atoms with Crippen LogP contribution < -0.4 is 5.73 Å². The number of nitrogens with two attached hydrogens (primary N) is 1. The second kappa shape index (κ2) is 3.65. The van der Waals surface area contributed by atoms with Crippen LogP contribution in [0.15, 0.2) is 16.8 Å². The summed E-state index contributed by atoms with van der Waals surface area (Å²) < 4.78 is 5.69. The summed E-state index contributed by atoms with van der Waals surface area (Å²) in [6.45, 7) is 4.95. The molecule has 0 radical (unpaired) electrons. The number of hydrogen-bond donors (Lipinski definition) is 1. The van der Waals surface area contributed by atoms with Crippen molar-refractivity contribution in [2.45, 2.75) is 31.9 Å². The summed E-state index contributed by atoms with van der Waals surface area (Å²) in [5, 5.41) is 4.31. The monoisotopic (exact) mass is 211 g/mol. The molecule has 0 bridgehead atoms. The number of thiophene rings is 1. The van der Waals surface area contributed by atoms with Crippen molar-refractivity contribution in [3.63, 3.8) is 0 Å². The molecule has 0 aliphatic carbocycles. The molecule has 14 heavy (non-hydrogen) atoms. The zero-order chi connectivity index (χ0) is 10.2. The van der Waals surface area contributed by atoms with Gasteiger partial charge in [-0.1, -0.05) is 0 Å². The molecule has 1 aliphatic heterocycles. The van der Waals surface area contributed by atoms with Gasteiger partial charge >= 0.3 is 0 Å². The molecule has 3 heteroatoms. The molecule has 1 aromatic rings. The van der Waals surface area contributed by atoms with Crippen LogP contribution in [0, 0.1) is 5.92 Å². The molecule has 1 aromatic heterocycles. The predicted octanol–water partition coefficient (Wildman–Crippen LogP) is 2.04. The van der Waals surface area contributed by atoms with Gasteiger partial charge in [-0.05, 0) is 42.7 Å². The largest absolute Gasteiger partial charge is 0.374 e. The van der Waals surface area contributed by atoms with E-state index in [1.165, 1.54) is 5.56 Å². The molecule has 1 aliphatic rings. The van der Waals surface area contributed by atoms with Gasteiger partial charge < -0.3 is 10.5 Å². The van der Waals surface area contributed by atoms with E-state index in [0.717, 1.165) is 13.0 Å². The van der Waals surface area contributed by atoms with Gasteiger partial charge in [-0.2, -0.15) is 11.3 Å². The van der Waals surface area contributed by atoms with E-state index in [0.29, 0.717) is 5.92 Å². The molecule has 2 atom stereocenters. The molecule has 2 unspecified atom stereocenters. The first-order chi connectivity index (χ1) is 6.59. The highest BCUT2D eigenvalue weighted by atomic mass is 32.1. The lowest BCUT2D eigenvalue weighted by molar-refractivity contribution is 0.0276. The molecule has 2 N–H and O–H groups in total. The first kappa shape index (κ1) is 10.1. The van der Waals surface area contributed by atoms with Gasteiger partial charge in [-0.15, -0.1) is 0 Å². The van der Waals surface area contributed by atoms with E-state index in [9.17, 15) is 0 Å². The van der Waals surface area contributed by atoms with E-state index in [2.05, 4.69) is 30.7 Å². The van der Waals surface area contributed by atoms with E-state index < -0.39 is 0 Å². The van der Waals surface area contributed by atoms with Gasteiger partial charge in [0.25, 0.3) is 0 Å². The Hall–Kier alpha value is -0.380. The molecule has 2 rings (SSSR count). The van der Waals surface area contributed by atoms with E-state index in [1.807, 2.05) is 0 Å². The number of rotatable bonds is 2. The first-order valence-corrected chi connectivity index (χ1v) is 5.94. The molecule has 78 valence electrons. The van der Waals surface area contributed by atoms with Crippen molar-refractivity contribution in [3.05, 3.63) is 22.4 Å².